The van der Waals surface area contributed by atoms with Crippen LogP contribution in [0.5, 0.6) is 0 Å². The Morgan fingerprint density at radius 2 is 0.902 bits per heavy atom. The number of nitriles is 2. The van der Waals surface area contributed by atoms with Gasteiger partial charge in [-0.05, 0) is 67.4 Å². The Labute approximate surface area is 240 Å². The highest BCUT2D eigenvalue weighted by molar-refractivity contribution is 6.09. The Hall–Kier alpha value is -5.64. The molecule has 0 amide bonds. The average Bonchev–Trinajstić information content (AvgIpc) is 3.01. The Balaban J connectivity index is 1.34. The zero-order valence-electron chi connectivity index (χ0n) is 23.0. The molecule has 0 spiro atoms. The average molecular weight is 526 g/mol. The minimum atomic E-state index is 0.599. The monoisotopic (exact) mass is 525 g/mol. The zero-order valence-corrected chi connectivity index (χ0v) is 23.0. The molecule has 0 aliphatic heterocycles. The highest BCUT2D eigenvalue weighted by Gasteiger charge is 2.14. The van der Waals surface area contributed by atoms with E-state index in [9.17, 15) is 10.5 Å². The van der Waals surface area contributed by atoms with Gasteiger partial charge in [-0.1, -0.05) is 96.1 Å². The number of anilines is 3. The van der Waals surface area contributed by atoms with E-state index in [1.165, 1.54) is 11.1 Å². The molecule has 6 aromatic rings. The van der Waals surface area contributed by atoms with E-state index >= 15 is 0 Å². The molecule has 6 aromatic carbocycles. The van der Waals surface area contributed by atoms with Crippen LogP contribution in [0.1, 0.15) is 33.4 Å². The third-order valence-corrected chi connectivity index (χ3v) is 7.48. The molecule has 0 radical (unpaired) electrons. The van der Waals surface area contributed by atoms with Gasteiger partial charge in [-0.2, -0.15) is 10.5 Å². The maximum absolute atomic E-state index is 10.0. The molecule has 0 unspecified atom stereocenters. The molecule has 41 heavy (non-hydrogen) atoms. The first-order chi connectivity index (χ1) is 20.1. The number of fused-ring (bicyclic) bond motifs is 2. The Morgan fingerprint density at radius 1 is 0.488 bits per heavy atom. The summed E-state index contributed by atoms with van der Waals surface area (Å²) in [6.45, 7) is 4.20. The molecule has 194 valence electrons. The molecule has 3 heteroatoms. The zero-order chi connectivity index (χ0) is 28.3. The lowest BCUT2D eigenvalue weighted by atomic mass is 9.91. The van der Waals surface area contributed by atoms with Gasteiger partial charge in [0.25, 0.3) is 0 Å². The highest BCUT2D eigenvalue weighted by atomic mass is 15.1. The summed E-state index contributed by atoms with van der Waals surface area (Å²) in [6.07, 6.45) is 4.12. The summed E-state index contributed by atoms with van der Waals surface area (Å²) in [4.78, 5) is 2.26. The lowest BCUT2D eigenvalue weighted by molar-refractivity contribution is 1.27. The second-order valence-electron chi connectivity index (χ2n) is 10.3. The van der Waals surface area contributed by atoms with E-state index in [4.69, 9.17) is 0 Å². The van der Waals surface area contributed by atoms with Gasteiger partial charge in [0.1, 0.15) is 12.1 Å². The molecule has 0 fully saturated rings. The molecular formula is C38H27N3. The van der Waals surface area contributed by atoms with Gasteiger partial charge < -0.3 is 4.90 Å². The molecule has 0 N–H and O–H groups in total. The number of benzene rings is 6. The summed E-state index contributed by atoms with van der Waals surface area (Å²) in [5, 5.41) is 23.1. The fourth-order valence-electron chi connectivity index (χ4n) is 5.30. The Morgan fingerprint density at radius 3 is 1.41 bits per heavy atom. The smallest absolute Gasteiger partial charge is 0.100 e. The van der Waals surface area contributed by atoms with E-state index in [-0.39, 0.29) is 0 Å². The van der Waals surface area contributed by atoms with E-state index in [0.29, 0.717) is 11.1 Å². The maximum Gasteiger partial charge on any atom is 0.100 e. The van der Waals surface area contributed by atoms with Gasteiger partial charge in [-0.15, -0.1) is 0 Å². The van der Waals surface area contributed by atoms with Crippen molar-refractivity contribution in [2.75, 3.05) is 4.90 Å². The minimum Gasteiger partial charge on any atom is -0.311 e. The lowest BCUT2D eigenvalue weighted by Gasteiger charge is -2.25. The summed E-state index contributed by atoms with van der Waals surface area (Å²) >= 11 is 0. The molecule has 0 saturated carbocycles. The number of hydrogen-bond donors (Lipinski definition) is 0. The van der Waals surface area contributed by atoms with Gasteiger partial charge in [0.05, 0.1) is 11.1 Å². The van der Waals surface area contributed by atoms with Gasteiger partial charge in [0, 0.05) is 38.6 Å². The van der Waals surface area contributed by atoms with Crippen molar-refractivity contribution in [2.24, 2.45) is 0 Å². The Bertz CT molecular complexity index is 1960. The molecule has 0 aliphatic rings. The van der Waals surface area contributed by atoms with Crippen LogP contribution in [0.25, 0.3) is 33.7 Å². The van der Waals surface area contributed by atoms with Crippen molar-refractivity contribution in [3.05, 3.63) is 149 Å². The van der Waals surface area contributed by atoms with Crippen LogP contribution >= 0.6 is 0 Å². The second-order valence-corrected chi connectivity index (χ2v) is 10.3. The van der Waals surface area contributed by atoms with Gasteiger partial charge in [-0.3, -0.25) is 0 Å². The predicted molar refractivity (Wildman–Crippen MR) is 170 cm³/mol. The fraction of sp³-hybridized carbons (Fsp3) is 0.0526. The first kappa shape index (κ1) is 25.6. The van der Waals surface area contributed by atoms with Crippen molar-refractivity contribution in [2.45, 2.75) is 13.8 Å². The molecule has 3 nitrogen and oxygen atoms in total. The molecule has 0 aliphatic carbocycles. The van der Waals surface area contributed by atoms with Crippen LogP contribution in [-0.4, -0.2) is 0 Å². The van der Waals surface area contributed by atoms with Crippen LogP contribution in [0.4, 0.5) is 17.1 Å². The quantitative estimate of drug-likeness (QED) is 0.166. The minimum absolute atomic E-state index is 0.599. The molecule has 0 aromatic heterocycles. The van der Waals surface area contributed by atoms with E-state index in [1.807, 2.05) is 42.5 Å². The van der Waals surface area contributed by atoms with Crippen LogP contribution in [0.3, 0.4) is 0 Å². The van der Waals surface area contributed by atoms with Crippen molar-refractivity contribution in [3.63, 3.8) is 0 Å². The van der Waals surface area contributed by atoms with Crippen LogP contribution in [0.2, 0.25) is 0 Å². The SMILES string of the molecule is Cc1ccc(N(c2ccc(C)cc2)c2ccc(/C=C\c3ccc4c(C#N)c5ccccc5c(C#N)c4c3)cc2)cc1. The van der Waals surface area contributed by atoms with Gasteiger partial charge in [0.15, 0.2) is 0 Å². The summed E-state index contributed by atoms with van der Waals surface area (Å²) < 4.78 is 0. The molecular weight excluding hydrogens is 498 g/mol. The summed E-state index contributed by atoms with van der Waals surface area (Å²) in [5.74, 6) is 0. The van der Waals surface area contributed by atoms with Crippen molar-refractivity contribution >= 4 is 50.8 Å². The van der Waals surface area contributed by atoms with Gasteiger partial charge >= 0.3 is 0 Å². The Kier molecular flexibility index (Phi) is 6.78. The largest absolute Gasteiger partial charge is 0.311 e. The lowest BCUT2D eigenvalue weighted by Crippen LogP contribution is -2.09. The first-order valence-electron chi connectivity index (χ1n) is 13.6. The van der Waals surface area contributed by atoms with E-state index < -0.39 is 0 Å². The third kappa shape index (κ3) is 4.94. The molecule has 0 heterocycles. The van der Waals surface area contributed by atoms with Gasteiger partial charge in [0.2, 0.25) is 0 Å². The molecule has 0 atom stereocenters. The predicted octanol–water partition coefficient (Wildman–Crippen LogP) is 9.99. The highest BCUT2D eigenvalue weighted by Crippen LogP contribution is 2.36. The van der Waals surface area contributed by atoms with E-state index in [0.717, 1.165) is 49.7 Å². The molecule has 6 rings (SSSR count). The standard InChI is InChI=1S/C38H27N3/c1-26-7-16-30(17-8-26)41(31-18-9-27(2)10-19-31)32-20-13-28(14-21-32)11-12-29-15-22-35-36(23-29)38(25-40)34-6-4-3-5-33(34)37(35)24-39/h3-23H,1-2H3/b12-11-. The van der Waals surface area contributed by atoms with E-state index in [2.05, 4.69) is 116 Å². The molecule has 0 bridgehead atoms. The van der Waals surface area contributed by atoms with Crippen LogP contribution in [0, 0.1) is 36.5 Å². The number of rotatable bonds is 5. The second kappa shape index (κ2) is 10.9. The van der Waals surface area contributed by atoms with Crippen LogP contribution < -0.4 is 4.90 Å². The summed E-state index contributed by atoms with van der Waals surface area (Å²) in [6, 6.07) is 44.0. The van der Waals surface area contributed by atoms with Crippen LogP contribution in [0.15, 0.2) is 115 Å². The third-order valence-electron chi connectivity index (χ3n) is 7.48. The fourth-order valence-corrected chi connectivity index (χ4v) is 5.30. The number of hydrogen-bond acceptors (Lipinski definition) is 3. The topological polar surface area (TPSA) is 50.8 Å². The summed E-state index contributed by atoms with van der Waals surface area (Å²) in [7, 11) is 0. The summed E-state index contributed by atoms with van der Waals surface area (Å²) in [5.41, 5.74) is 8.99. The van der Waals surface area contributed by atoms with Crippen LogP contribution in [-0.2, 0) is 0 Å². The van der Waals surface area contributed by atoms with E-state index in [1.54, 1.807) is 0 Å². The molecule has 0 saturated heterocycles. The first-order valence-corrected chi connectivity index (χ1v) is 13.6. The van der Waals surface area contributed by atoms with Crippen molar-refractivity contribution in [3.8, 4) is 12.1 Å². The number of aryl methyl sites for hydroxylation is 2. The van der Waals surface area contributed by atoms with Crippen molar-refractivity contribution in [1.82, 2.24) is 0 Å². The van der Waals surface area contributed by atoms with Crippen molar-refractivity contribution < 1.29 is 0 Å². The normalized spacial score (nSPS) is 11.0. The number of nitrogens with zero attached hydrogens (tertiary/aromatic N) is 3. The van der Waals surface area contributed by atoms with Gasteiger partial charge in [-0.25, -0.2) is 0 Å². The van der Waals surface area contributed by atoms with Crippen molar-refractivity contribution in [1.29, 1.82) is 10.5 Å². The maximum atomic E-state index is 10.0.